The Hall–Kier alpha value is -4.57. The summed E-state index contributed by atoms with van der Waals surface area (Å²) < 4.78 is 23.5. The molecule has 4 atom stereocenters. The van der Waals surface area contributed by atoms with Crippen LogP contribution in [-0.2, 0) is 39.8 Å². The minimum atomic E-state index is -1.12. The van der Waals surface area contributed by atoms with Gasteiger partial charge in [-0.2, -0.15) is 15.2 Å². The van der Waals surface area contributed by atoms with Gasteiger partial charge in [0.15, 0.2) is 35.4 Å². The number of imidazole rings is 1. The third kappa shape index (κ3) is 6.04. The van der Waals surface area contributed by atoms with Gasteiger partial charge in [0, 0.05) is 27.3 Å². The summed E-state index contributed by atoms with van der Waals surface area (Å²) in [7, 11) is 0. The number of fused-ring (bicyclic) bond motifs is 1. The van der Waals surface area contributed by atoms with E-state index in [1.807, 2.05) is 36.4 Å². The summed E-state index contributed by atoms with van der Waals surface area (Å²) in [4.78, 5) is 48.2. The predicted octanol–water partition coefficient (Wildman–Crippen LogP) is 1.68. The second-order valence-corrected chi connectivity index (χ2v) is 8.51. The summed E-state index contributed by atoms with van der Waals surface area (Å²) >= 11 is 0. The molecule has 4 rings (SSSR count). The molecule has 13 nitrogen and oxygen atoms in total. The Balaban J connectivity index is 1.68. The molecule has 0 saturated carbocycles. The first-order chi connectivity index (χ1) is 18.3. The fourth-order valence-corrected chi connectivity index (χ4v) is 4.16. The number of nitrogens with zero attached hydrogens (tertiary/aromatic N) is 5. The molecule has 0 radical (unpaired) electrons. The van der Waals surface area contributed by atoms with Crippen LogP contribution in [0.2, 0.25) is 0 Å². The second kappa shape index (κ2) is 11.7. The van der Waals surface area contributed by atoms with Gasteiger partial charge < -0.3 is 24.3 Å². The average Bonchev–Trinajstić information content (AvgIpc) is 3.44. The van der Waals surface area contributed by atoms with Crippen molar-refractivity contribution in [3.63, 3.8) is 0 Å². The van der Waals surface area contributed by atoms with E-state index in [9.17, 15) is 19.6 Å². The van der Waals surface area contributed by atoms with Crippen LogP contribution >= 0.6 is 0 Å². The van der Waals surface area contributed by atoms with Gasteiger partial charge in [0.05, 0.1) is 6.33 Å². The Morgan fingerprint density at radius 3 is 2.42 bits per heavy atom. The van der Waals surface area contributed by atoms with E-state index in [-0.39, 0.29) is 18.1 Å². The van der Waals surface area contributed by atoms with Crippen LogP contribution in [0.3, 0.4) is 0 Å². The van der Waals surface area contributed by atoms with Crippen molar-refractivity contribution < 1.29 is 33.3 Å². The molecule has 1 aliphatic rings. The van der Waals surface area contributed by atoms with Gasteiger partial charge in [-0.1, -0.05) is 30.3 Å². The van der Waals surface area contributed by atoms with Gasteiger partial charge in [0.25, 0.3) is 0 Å². The first kappa shape index (κ1) is 26.5. The van der Waals surface area contributed by atoms with Crippen LogP contribution < -0.4 is 5.32 Å². The lowest BCUT2D eigenvalue weighted by Gasteiger charge is -2.23. The zero-order valence-electron chi connectivity index (χ0n) is 21.0. The fourth-order valence-electron chi connectivity index (χ4n) is 4.16. The highest BCUT2D eigenvalue weighted by Gasteiger charge is 2.51. The van der Waals surface area contributed by atoms with Crippen LogP contribution in [0.5, 0.6) is 0 Å². The predicted molar refractivity (Wildman–Crippen MR) is 130 cm³/mol. The van der Waals surface area contributed by atoms with Crippen molar-refractivity contribution in [1.29, 1.82) is 5.26 Å². The maximum Gasteiger partial charge on any atom is 0.303 e. The Labute approximate surface area is 217 Å². The molecule has 0 spiro atoms. The van der Waals surface area contributed by atoms with Gasteiger partial charge in [-0.3, -0.25) is 19.0 Å². The standard InChI is InChI=1S/C25H26N6O7/c1-14(32)35-12-18-21(36-15(2)33)22(37-16(3)34)25(38-18)31-13-28-20-23(29-19(11-26)30-24(20)31)27-10-9-17-7-5-4-6-8-17/h4-8,13,18,21-22,25H,9-10,12H2,1-3H3,(H,27,29,30)/t18-,21+,22+,25+/m0/s1. The molecule has 1 aliphatic heterocycles. The fraction of sp³-hybridized carbons (Fsp3) is 0.400. The molecular weight excluding hydrogens is 496 g/mol. The molecule has 1 saturated heterocycles. The van der Waals surface area contributed by atoms with E-state index >= 15 is 0 Å². The molecule has 1 fully saturated rings. The molecular formula is C25H26N6O7. The lowest BCUT2D eigenvalue weighted by Crippen LogP contribution is -2.40. The van der Waals surface area contributed by atoms with E-state index in [0.29, 0.717) is 24.3 Å². The second-order valence-electron chi connectivity index (χ2n) is 8.51. The van der Waals surface area contributed by atoms with Gasteiger partial charge in [0.2, 0.25) is 5.82 Å². The number of carbonyl (C=O) groups is 3. The van der Waals surface area contributed by atoms with Crippen molar-refractivity contribution in [2.45, 2.75) is 51.7 Å². The number of esters is 3. The molecule has 3 aromatic rings. The van der Waals surface area contributed by atoms with Crippen molar-refractivity contribution in [2.24, 2.45) is 0 Å². The van der Waals surface area contributed by atoms with Crippen LogP contribution in [0.1, 0.15) is 38.4 Å². The molecule has 13 heteroatoms. The zero-order chi connectivity index (χ0) is 27.2. The zero-order valence-corrected chi connectivity index (χ0v) is 21.0. The van der Waals surface area contributed by atoms with Gasteiger partial charge >= 0.3 is 17.9 Å². The first-order valence-corrected chi connectivity index (χ1v) is 11.8. The van der Waals surface area contributed by atoms with Gasteiger partial charge in [-0.15, -0.1) is 0 Å². The molecule has 1 aromatic carbocycles. The quantitative estimate of drug-likeness (QED) is 0.319. The van der Waals surface area contributed by atoms with Crippen LogP contribution in [-0.4, -0.2) is 68.9 Å². The van der Waals surface area contributed by atoms with E-state index in [2.05, 4.69) is 20.3 Å². The lowest BCUT2D eigenvalue weighted by molar-refractivity contribution is -0.166. The highest BCUT2D eigenvalue weighted by Crippen LogP contribution is 2.36. The summed E-state index contributed by atoms with van der Waals surface area (Å²) in [6, 6.07) is 11.8. The van der Waals surface area contributed by atoms with Crippen molar-refractivity contribution in [3.8, 4) is 6.07 Å². The Bertz CT molecular complexity index is 1370. The summed E-state index contributed by atoms with van der Waals surface area (Å²) in [6.07, 6.45) is -2.11. The van der Waals surface area contributed by atoms with Crippen LogP contribution in [0.25, 0.3) is 11.2 Å². The number of carbonyl (C=O) groups excluding carboxylic acids is 3. The van der Waals surface area contributed by atoms with E-state index in [4.69, 9.17) is 18.9 Å². The highest BCUT2D eigenvalue weighted by molar-refractivity contribution is 5.83. The number of nitrogens with one attached hydrogen (secondary N) is 1. The first-order valence-electron chi connectivity index (χ1n) is 11.8. The van der Waals surface area contributed by atoms with E-state index < -0.39 is 42.4 Å². The van der Waals surface area contributed by atoms with E-state index in [1.54, 1.807) is 0 Å². The van der Waals surface area contributed by atoms with Crippen LogP contribution in [0, 0.1) is 11.3 Å². The lowest BCUT2D eigenvalue weighted by atomic mass is 10.1. The Morgan fingerprint density at radius 2 is 1.76 bits per heavy atom. The Morgan fingerprint density at radius 1 is 1.05 bits per heavy atom. The highest BCUT2D eigenvalue weighted by atomic mass is 16.7. The molecule has 198 valence electrons. The molecule has 0 unspecified atom stereocenters. The molecule has 2 aromatic heterocycles. The van der Waals surface area contributed by atoms with Gasteiger partial charge in [-0.05, 0) is 12.0 Å². The topological polar surface area (TPSA) is 168 Å². The number of nitriles is 1. The number of benzene rings is 1. The SMILES string of the molecule is CC(=O)OC[C@@H]1O[C@@H](n2cnc3c(NCCc4ccccc4)nc(C#N)nc32)[C@H](OC(C)=O)[C@@H]1OC(C)=O. The summed E-state index contributed by atoms with van der Waals surface area (Å²) in [5.41, 5.74) is 1.71. The van der Waals surface area contributed by atoms with Gasteiger partial charge in [0.1, 0.15) is 18.8 Å². The van der Waals surface area contributed by atoms with E-state index in [0.717, 1.165) is 5.56 Å². The van der Waals surface area contributed by atoms with E-state index in [1.165, 1.54) is 31.7 Å². The average molecular weight is 523 g/mol. The normalized spacial score (nSPS) is 20.5. The Kier molecular flexibility index (Phi) is 8.12. The molecule has 1 N–H and O–H groups in total. The molecule has 0 amide bonds. The maximum atomic E-state index is 12.0. The third-order valence-electron chi connectivity index (χ3n) is 5.68. The van der Waals surface area contributed by atoms with Gasteiger partial charge in [-0.25, -0.2) is 4.98 Å². The summed E-state index contributed by atoms with van der Waals surface area (Å²) in [6.45, 7) is 3.90. The largest absolute Gasteiger partial charge is 0.463 e. The number of anilines is 1. The maximum absolute atomic E-state index is 12.0. The molecule has 0 aliphatic carbocycles. The summed E-state index contributed by atoms with van der Waals surface area (Å²) in [5, 5.41) is 12.8. The smallest absolute Gasteiger partial charge is 0.303 e. The number of rotatable bonds is 9. The number of aromatic nitrogens is 4. The number of ether oxygens (including phenoxy) is 4. The molecule has 38 heavy (non-hydrogen) atoms. The monoisotopic (exact) mass is 522 g/mol. The minimum absolute atomic E-state index is 0.114. The molecule has 3 heterocycles. The van der Waals surface area contributed by atoms with Crippen LogP contribution in [0.4, 0.5) is 5.82 Å². The van der Waals surface area contributed by atoms with Crippen molar-refractivity contribution >= 4 is 34.9 Å². The third-order valence-corrected chi connectivity index (χ3v) is 5.68. The molecule has 0 bridgehead atoms. The summed E-state index contributed by atoms with van der Waals surface area (Å²) in [5.74, 6) is -1.62. The number of hydrogen-bond acceptors (Lipinski definition) is 12. The number of hydrogen-bond donors (Lipinski definition) is 1. The van der Waals surface area contributed by atoms with Crippen LogP contribution in [0.15, 0.2) is 36.7 Å². The van der Waals surface area contributed by atoms with Crippen molar-refractivity contribution in [1.82, 2.24) is 19.5 Å². The van der Waals surface area contributed by atoms with Crippen molar-refractivity contribution in [2.75, 3.05) is 18.5 Å². The minimum Gasteiger partial charge on any atom is -0.463 e. The van der Waals surface area contributed by atoms with Crippen molar-refractivity contribution in [3.05, 3.63) is 48.0 Å².